The SMILES string of the molecule is c1ccc2nc(-c3ccc4cc(-c5cc6cccnc6[nH]5)ncc4c3)ccc2c1. The van der Waals surface area contributed by atoms with Crippen LogP contribution >= 0.6 is 0 Å². The normalized spacial score (nSPS) is 11.4. The lowest BCUT2D eigenvalue weighted by Crippen LogP contribution is -1.87. The van der Waals surface area contributed by atoms with Gasteiger partial charge < -0.3 is 4.98 Å². The highest BCUT2D eigenvalue weighted by Crippen LogP contribution is 2.28. The molecule has 0 radical (unpaired) electrons. The molecule has 4 heteroatoms. The number of fused-ring (bicyclic) bond motifs is 3. The third kappa shape index (κ3) is 2.74. The van der Waals surface area contributed by atoms with Gasteiger partial charge in [0.1, 0.15) is 5.65 Å². The predicted molar refractivity (Wildman–Crippen MR) is 118 cm³/mol. The van der Waals surface area contributed by atoms with Crippen LogP contribution < -0.4 is 0 Å². The molecule has 0 amide bonds. The van der Waals surface area contributed by atoms with Crippen LogP contribution in [-0.2, 0) is 0 Å². The average molecular weight is 372 g/mol. The number of pyridine rings is 3. The van der Waals surface area contributed by atoms with Crippen LogP contribution in [0.25, 0.3) is 55.4 Å². The lowest BCUT2D eigenvalue weighted by atomic mass is 10.0. The molecule has 6 aromatic rings. The summed E-state index contributed by atoms with van der Waals surface area (Å²) in [4.78, 5) is 17.2. The van der Waals surface area contributed by atoms with E-state index in [9.17, 15) is 0 Å². The van der Waals surface area contributed by atoms with Gasteiger partial charge in [-0.05, 0) is 47.9 Å². The number of H-pyrrole nitrogens is 1. The second-order valence-electron chi connectivity index (χ2n) is 7.14. The number of hydrogen-bond donors (Lipinski definition) is 1. The van der Waals surface area contributed by atoms with Gasteiger partial charge in [0.15, 0.2) is 0 Å². The molecule has 0 spiro atoms. The van der Waals surface area contributed by atoms with E-state index in [1.165, 1.54) is 0 Å². The second-order valence-corrected chi connectivity index (χ2v) is 7.14. The van der Waals surface area contributed by atoms with Gasteiger partial charge in [-0.2, -0.15) is 0 Å². The van der Waals surface area contributed by atoms with E-state index in [-0.39, 0.29) is 0 Å². The van der Waals surface area contributed by atoms with Crippen molar-refractivity contribution in [3.05, 3.63) is 91.3 Å². The maximum absolute atomic E-state index is 4.81. The summed E-state index contributed by atoms with van der Waals surface area (Å²) in [6.45, 7) is 0. The van der Waals surface area contributed by atoms with Crippen LogP contribution in [0.15, 0.2) is 91.3 Å². The summed E-state index contributed by atoms with van der Waals surface area (Å²) in [5.74, 6) is 0. The first-order chi connectivity index (χ1) is 14.3. The fourth-order valence-electron chi connectivity index (χ4n) is 3.77. The maximum atomic E-state index is 4.81. The summed E-state index contributed by atoms with van der Waals surface area (Å²) in [5.41, 5.74) is 5.82. The molecule has 29 heavy (non-hydrogen) atoms. The fraction of sp³-hybridized carbons (Fsp3) is 0. The number of benzene rings is 2. The molecule has 0 aliphatic heterocycles. The molecule has 136 valence electrons. The predicted octanol–water partition coefficient (Wildman–Crippen LogP) is 5.99. The van der Waals surface area contributed by atoms with E-state index >= 15 is 0 Å². The van der Waals surface area contributed by atoms with Gasteiger partial charge in [-0.15, -0.1) is 0 Å². The van der Waals surface area contributed by atoms with Crippen molar-refractivity contribution in [2.75, 3.05) is 0 Å². The first kappa shape index (κ1) is 16.0. The van der Waals surface area contributed by atoms with E-state index in [0.717, 1.165) is 55.4 Å². The van der Waals surface area contributed by atoms with Crippen LogP contribution in [0.1, 0.15) is 0 Å². The van der Waals surface area contributed by atoms with Crippen molar-refractivity contribution in [3.63, 3.8) is 0 Å². The molecule has 0 saturated heterocycles. The van der Waals surface area contributed by atoms with Crippen molar-refractivity contribution >= 4 is 32.7 Å². The summed E-state index contributed by atoms with van der Waals surface area (Å²) < 4.78 is 0. The summed E-state index contributed by atoms with van der Waals surface area (Å²) >= 11 is 0. The number of aromatic nitrogens is 4. The van der Waals surface area contributed by atoms with Gasteiger partial charge in [0.2, 0.25) is 0 Å². The number of aromatic amines is 1. The van der Waals surface area contributed by atoms with E-state index in [4.69, 9.17) is 4.98 Å². The minimum Gasteiger partial charge on any atom is -0.338 e. The topological polar surface area (TPSA) is 54.5 Å². The number of para-hydroxylation sites is 1. The molecule has 0 saturated carbocycles. The number of rotatable bonds is 2. The van der Waals surface area contributed by atoms with Crippen LogP contribution in [0.3, 0.4) is 0 Å². The molecule has 0 bridgehead atoms. The summed E-state index contributed by atoms with van der Waals surface area (Å²) in [6, 6.07) is 27.0. The molecule has 0 atom stereocenters. The van der Waals surface area contributed by atoms with Crippen molar-refractivity contribution in [1.29, 1.82) is 0 Å². The van der Waals surface area contributed by atoms with Gasteiger partial charge >= 0.3 is 0 Å². The van der Waals surface area contributed by atoms with Crippen molar-refractivity contribution < 1.29 is 0 Å². The Hall–Kier alpha value is -4.05. The Morgan fingerprint density at radius 3 is 2.48 bits per heavy atom. The maximum Gasteiger partial charge on any atom is 0.137 e. The molecule has 0 aliphatic rings. The van der Waals surface area contributed by atoms with E-state index in [1.807, 2.05) is 36.5 Å². The Labute approximate surface area is 166 Å². The largest absolute Gasteiger partial charge is 0.338 e. The van der Waals surface area contributed by atoms with Crippen LogP contribution in [0.5, 0.6) is 0 Å². The minimum atomic E-state index is 0.877. The van der Waals surface area contributed by atoms with Crippen molar-refractivity contribution in [2.45, 2.75) is 0 Å². The lowest BCUT2D eigenvalue weighted by Gasteiger charge is -2.06. The van der Waals surface area contributed by atoms with E-state index in [0.29, 0.717) is 0 Å². The van der Waals surface area contributed by atoms with E-state index < -0.39 is 0 Å². The standard InChI is InChI=1S/C25H16N4/c1-2-6-21-16(4-1)9-10-22(28-21)18-8-7-17-13-23(27-15-20(17)12-18)24-14-19-5-3-11-26-25(19)29-24/h1-15H,(H,26,29). The zero-order valence-electron chi connectivity index (χ0n) is 15.5. The third-order valence-electron chi connectivity index (χ3n) is 5.28. The Morgan fingerprint density at radius 2 is 1.52 bits per heavy atom. The lowest BCUT2D eigenvalue weighted by molar-refractivity contribution is 1.28. The Bertz CT molecular complexity index is 1480. The van der Waals surface area contributed by atoms with Crippen molar-refractivity contribution in [1.82, 2.24) is 19.9 Å². The van der Waals surface area contributed by atoms with Crippen molar-refractivity contribution in [3.8, 4) is 22.6 Å². The second kappa shape index (κ2) is 6.24. The number of nitrogens with zero attached hydrogens (tertiary/aromatic N) is 3. The summed E-state index contributed by atoms with van der Waals surface area (Å²) in [6.07, 6.45) is 3.72. The smallest absolute Gasteiger partial charge is 0.137 e. The van der Waals surface area contributed by atoms with Crippen LogP contribution in [0.2, 0.25) is 0 Å². The van der Waals surface area contributed by atoms with E-state index in [2.05, 4.69) is 63.5 Å². The van der Waals surface area contributed by atoms with Gasteiger partial charge in [0, 0.05) is 34.1 Å². The quantitative estimate of drug-likeness (QED) is 0.406. The highest BCUT2D eigenvalue weighted by Gasteiger charge is 2.08. The number of nitrogens with one attached hydrogen (secondary N) is 1. The molecule has 4 heterocycles. The van der Waals surface area contributed by atoms with Crippen LogP contribution in [0.4, 0.5) is 0 Å². The fourth-order valence-corrected chi connectivity index (χ4v) is 3.77. The van der Waals surface area contributed by atoms with Crippen LogP contribution in [0, 0.1) is 0 Å². The van der Waals surface area contributed by atoms with Gasteiger partial charge in [-0.1, -0.05) is 36.4 Å². The molecule has 0 fully saturated rings. The monoisotopic (exact) mass is 372 g/mol. The Balaban J connectivity index is 1.42. The van der Waals surface area contributed by atoms with Crippen LogP contribution in [-0.4, -0.2) is 19.9 Å². The average Bonchev–Trinajstić information content (AvgIpc) is 3.22. The molecular weight excluding hydrogens is 356 g/mol. The zero-order chi connectivity index (χ0) is 19.2. The highest BCUT2D eigenvalue weighted by atomic mass is 14.9. The third-order valence-corrected chi connectivity index (χ3v) is 5.28. The molecule has 2 aromatic carbocycles. The summed E-state index contributed by atoms with van der Waals surface area (Å²) in [7, 11) is 0. The molecule has 0 aliphatic carbocycles. The zero-order valence-corrected chi connectivity index (χ0v) is 15.5. The van der Waals surface area contributed by atoms with Gasteiger partial charge in [-0.3, -0.25) is 4.98 Å². The molecule has 0 unspecified atom stereocenters. The minimum absolute atomic E-state index is 0.877. The van der Waals surface area contributed by atoms with Gasteiger partial charge in [-0.25, -0.2) is 9.97 Å². The first-order valence-corrected chi connectivity index (χ1v) is 9.54. The molecule has 1 N–H and O–H groups in total. The summed E-state index contributed by atoms with van der Waals surface area (Å²) in [5, 5.41) is 4.47. The van der Waals surface area contributed by atoms with E-state index in [1.54, 1.807) is 6.20 Å². The highest BCUT2D eigenvalue weighted by molar-refractivity contribution is 5.91. The molecular formula is C25H16N4. The first-order valence-electron chi connectivity index (χ1n) is 9.54. The molecule has 4 nitrogen and oxygen atoms in total. The molecule has 6 rings (SSSR count). The number of hydrogen-bond acceptors (Lipinski definition) is 3. The molecule has 4 aromatic heterocycles. The van der Waals surface area contributed by atoms with Gasteiger partial charge in [0.05, 0.1) is 22.6 Å². The van der Waals surface area contributed by atoms with Gasteiger partial charge in [0.25, 0.3) is 0 Å². The Kier molecular flexibility index (Phi) is 3.43. The van der Waals surface area contributed by atoms with Crippen molar-refractivity contribution in [2.24, 2.45) is 0 Å². The Morgan fingerprint density at radius 1 is 0.621 bits per heavy atom.